The predicted octanol–water partition coefficient (Wildman–Crippen LogP) is -0.001000. The van der Waals surface area contributed by atoms with Crippen LogP contribution in [0.25, 0.3) is 0 Å². The number of methoxy groups -OCH3 is 1. The van der Waals surface area contributed by atoms with Crippen molar-refractivity contribution in [1.82, 2.24) is 0 Å². The van der Waals surface area contributed by atoms with Gasteiger partial charge in [0.2, 0.25) is 0 Å². The molecule has 0 unspecified atom stereocenters. The Morgan fingerprint density at radius 1 is 1.36 bits per heavy atom. The van der Waals surface area contributed by atoms with Crippen LogP contribution in [0.2, 0.25) is 0 Å². The van der Waals surface area contributed by atoms with Crippen LogP contribution < -0.4 is 4.74 Å². The molecule has 0 aliphatic rings. The van der Waals surface area contributed by atoms with Crippen molar-refractivity contribution in [2.75, 3.05) is 7.11 Å². The molecular weight excluding hydrogens is 219 g/mol. The van der Waals surface area contributed by atoms with E-state index in [0.717, 1.165) is 18.2 Å². The molecule has 0 spiro atoms. The average Bonchev–Trinajstić information content (AvgIpc) is 2.01. The second-order valence-electron chi connectivity index (χ2n) is 2.31. The average molecular weight is 228 g/mol. The fraction of sp³-hybridized carbons (Fsp3) is 0.143. The SMILES string of the molecule is COc1cc(O)ccc1S(=O)(=O)O.[NaH]. The van der Waals surface area contributed by atoms with Crippen molar-refractivity contribution < 1.29 is 22.8 Å². The fourth-order valence-corrected chi connectivity index (χ4v) is 1.51. The monoisotopic (exact) mass is 228 g/mol. The van der Waals surface area contributed by atoms with Gasteiger partial charge in [-0.1, -0.05) is 0 Å². The molecule has 74 valence electrons. The molecule has 0 saturated heterocycles. The van der Waals surface area contributed by atoms with Crippen molar-refractivity contribution in [1.29, 1.82) is 0 Å². The summed E-state index contributed by atoms with van der Waals surface area (Å²) in [6.07, 6.45) is 0. The molecule has 5 nitrogen and oxygen atoms in total. The molecule has 0 saturated carbocycles. The zero-order chi connectivity index (χ0) is 10.1. The molecule has 0 atom stereocenters. The van der Waals surface area contributed by atoms with Crippen molar-refractivity contribution >= 4 is 39.7 Å². The third-order valence-electron chi connectivity index (χ3n) is 1.43. The third kappa shape index (κ3) is 3.14. The van der Waals surface area contributed by atoms with E-state index in [1.165, 1.54) is 7.11 Å². The van der Waals surface area contributed by atoms with Crippen molar-refractivity contribution in [3.05, 3.63) is 18.2 Å². The van der Waals surface area contributed by atoms with Crippen molar-refractivity contribution in [2.24, 2.45) is 0 Å². The Morgan fingerprint density at radius 3 is 2.36 bits per heavy atom. The van der Waals surface area contributed by atoms with E-state index in [1.807, 2.05) is 0 Å². The molecule has 0 amide bonds. The van der Waals surface area contributed by atoms with Crippen molar-refractivity contribution in [2.45, 2.75) is 4.90 Å². The molecule has 1 aromatic carbocycles. The summed E-state index contributed by atoms with van der Waals surface area (Å²) in [7, 11) is -3.06. The van der Waals surface area contributed by atoms with E-state index < -0.39 is 10.1 Å². The first-order valence-corrected chi connectivity index (χ1v) is 4.73. The van der Waals surface area contributed by atoms with Crippen LogP contribution in [0.15, 0.2) is 23.1 Å². The number of hydrogen-bond donors (Lipinski definition) is 2. The van der Waals surface area contributed by atoms with E-state index in [2.05, 4.69) is 4.74 Å². The van der Waals surface area contributed by atoms with Gasteiger partial charge in [0.15, 0.2) is 0 Å². The van der Waals surface area contributed by atoms with Crippen LogP contribution in [0.4, 0.5) is 0 Å². The summed E-state index contributed by atoms with van der Waals surface area (Å²) in [6, 6.07) is 3.30. The normalized spacial score (nSPS) is 10.4. The summed E-state index contributed by atoms with van der Waals surface area (Å²) in [5.41, 5.74) is 0. The summed E-state index contributed by atoms with van der Waals surface area (Å²) in [5.74, 6) is -0.230. The Hall–Kier alpha value is -0.270. The Morgan fingerprint density at radius 2 is 1.93 bits per heavy atom. The number of phenolic OH excluding ortho intramolecular Hbond substituents is 1. The van der Waals surface area contributed by atoms with Crippen LogP contribution in [0.5, 0.6) is 11.5 Å². The van der Waals surface area contributed by atoms with Crippen LogP contribution >= 0.6 is 0 Å². The maximum atomic E-state index is 10.7. The molecule has 2 N–H and O–H groups in total. The Labute approximate surface area is 104 Å². The number of aromatic hydroxyl groups is 1. The number of phenols is 1. The Bertz CT molecular complexity index is 414. The molecule has 1 aromatic rings. The van der Waals surface area contributed by atoms with E-state index in [0.29, 0.717) is 0 Å². The number of rotatable bonds is 2. The summed E-state index contributed by atoms with van der Waals surface area (Å²) in [6.45, 7) is 0. The quantitative estimate of drug-likeness (QED) is 0.549. The minimum atomic E-state index is -4.30. The third-order valence-corrected chi connectivity index (χ3v) is 2.32. The van der Waals surface area contributed by atoms with Gasteiger partial charge in [-0.05, 0) is 12.1 Å². The first kappa shape index (κ1) is 13.7. The molecule has 7 heteroatoms. The molecular formula is C7H9NaO5S. The fourth-order valence-electron chi connectivity index (χ4n) is 0.869. The van der Waals surface area contributed by atoms with Crippen LogP contribution in [-0.2, 0) is 10.1 Å². The van der Waals surface area contributed by atoms with E-state index in [1.54, 1.807) is 0 Å². The molecule has 14 heavy (non-hydrogen) atoms. The van der Waals surface area contributed by atoms with Gasteiger partial charge in [-0.25, -0.2) is 0 Å². The van der Waals surface area contributed by atoms with Gasteiger partial charge in [0, 0.05) is 6.07 Å². The van der Waals surface area contributed by atoms with Crippen molar-refractivity contribution in [3.63, 3.8) is 0 Å². The van der Waals surface area contributed by atoms with Gasteiger partial charge in [0.05, 0.1) is 7.11 Å². The summed E-state index contributed by atoms with van der Waals surface area (Å²) in [5, 5.41) is 8.98. The van der Waals surface area contributed by atoms with E-state index >= 15 is 0 Å². The first-order chi connectivity index (χ1) is 5.95. The first-order valence-electron chi connectivity index (χ1n) is 3.29. The molecule has 0 fully saturated rings. The predicted molar refractivity (Wildman–Crippen MR) is 51.6 cm³/mol. The molecule has 0 aromatic heterocycles. The van der Waals surface area contributed by atoms with Crippen LogP contribution in [0.3, 0.4) is 0 Å². The van der Waals surface area contributed by atoms with Crippen molar-refractivity contribution in [3.8, 4) is 11.5 Å². The molecule has 0 bridgehead atoms. The molecule has 0 aliphatic heterocycles. The van der Waals surface area contributed by atoms with Gasteiger partial charge in [-0.2, -0.15) is 8.42 Å². The molecule has 0 aliphatic carbocycles. The van der Waals surface area contributed by atoms with Crippen LogP contribution in [0.1, 0.15) is 0 Å². The summed E-state index contributed by atoms with van der Waals surface area (Å²) < 4.78 is 34.8. The standard InChI is InChI=1S/C7H8O5S.Na.H/c1-12-6-4-5(8)2-3-7(6)13(9,10)11;;/h2-4,8H,1H3,(H,9,10,11);;. The Kier molecular flexibility index (Phi) is 4.90. The van der Waals surface area contributed by atoms with Gasteiger partial charge in [-0.15, -0.1) is 0 Å². The van der Waals surface area contributed by atoms with Gasteiger partial charge in [-0.3, -0.25) is 4.55 Å². The molecule has 0 heterocycles. The summed E-state index contributed by atoms with van der Waals surface area (Å²) in [4.78, 5) is -0.368. The van der Waals surface area contributed by atoms with Gasteiger partial charge in [0.1, 0.15) is 16.4 Å². The van der Waals surface area contributed by atoms with Gasteiger partial charge < -0.3 is 9.84 Å². The Balaban J connectivity index is 0.00000169. The zero-order valence-electron chi connectivity index (χ0n) is 6.76. The van der Waals surface area contributed by atoms with E-state index in [4.69, 9.17) is 9.66 Å². The second kappa shape index (κ2) is 4.99. The van der Waals surface area contributed by atoms with Gasteiger partial charge in [0.25, 0.3) is 10.1 Å². The molecule has 1 rings (SSSR count). The number of ether oxygens (including phenoxy) is 1. The van der Waals surface area contributed by atoms with Crippen LogP contribution in [-0.4, -0.2) is 54.7 Å². The van der Waals surface area contributed by atoms with E-state index in [9.17, 15) is 8.42 Å². The summed E-state index contributed by atoms with van der Waals surface area (Å²) >= 11 is 0. The van der Waals surface area contributed by atoms with Gasteiger partial charge >= 0.3 is 29.6 Å². The second-order valence-corrected chi connectivity index (χ2v) is 3.70. The topological polar surface area (TPSA) is 83.8 Å². The number of hydrogen-bond acceptors (Lipinski definition) is 4. The van der Waals surface area contributed by atoms with E-state index in [-0.39, 0.29) is 46.0 Å². The minimum absolute atomic E-state index is 0. The maximum absolute atomic E-state index is 10.7. The van der Waals surface area contributed by atoms with Crippen LogP contribution in [0, 0.1) is 0 Å². The number of benzene rings is 1. The zero-order valence-corrected chi connectivity index (χ0v) is 7.58. The molecule has 0 radical (unpaired) electrons.